The molecule has 1 aromatic carbocycles. The van der Waals surface area contributed by atoms with Gasteiger partial charge >= 0.3 is 17.4 Å². The van der Waals surface area contributed by atoms with Crippen molar-refractivity contribution in [3.63, 3.8) is 0 Å². The molecule has 4 nitrogen and oxygen atoms in total. The van der Waals surface area contributed by atoms with Crippen LogP contribution in [0, 0.1) is 5.21 Å². The molecule has 0 aliphatic carbocycles. The predicted molar refractivity (Wildman–Crippen MR) is 39.7 cm³/mol. The van der Waals surface area contributed by atoms with E-state index in [2.05, 4.69) is 5.28 Å². The fraction of sp³-hybridized carbons (Fsp3) is 0. The van der Waals surface area contributed by atoms with Crippen molar-refractivity contribution in [3.05, 3.63) is 35.5 Å². The molecule has 0 radical (unpaired) electrons. The monoisotopic (exact) mass is 165 g/mol. The van der Waals surface area contributed by atoms with Gasteiger partial charge in [0.25, 0.3) is 0 Å². The van der Waals surface area contributed by atoms with Crippen molar-refractivity contribution in [1.82, 2.24) is 0 Å². The smallest absolute Gasteiger partial charge is 0.592 e. The molecule has 1 N–H and O–H groups in total. The van der Waals surface area contributed by atoms with Crippen molar-refractivity contribution in [2.24, 2.45) is 5.28 Å². The second kappa shape index (κ2) is 4.72. The Morgan fingerprint density at radius 1 is 1.27 bits per heavy atom. The second-order valence-corrected chi connectivity index (χ2v) is 1.70. The van der Waals surface area contributed by atoms with Crippen LogP contribution in [0.1, 0.15) is 0 Å². The quantitative estimate of drug-likeness (QED) is 0.295. The van der Waals surface area contributed by atoms with Gasteiger partial charge in [0.2, 0.25) is 11.0 Å². The Kier molecular flexibility index (Phi) is 4.27. The standard InChI is InChI=1S/C6H6N2O2.Al/c9-7-8(10)6-4-2-1-3-5-6;/h1-5,9H;/q;+3/b8-7-;. The van der Waals surface area contributed by atoms with E-state index in [1.807, 2.05) is 0 Å². The first-order valence-electron chi connectivity index (χ1n) is 2.72. The molecule has 0 bridgehead atoms. The largest absolute Gasteiger partial charge is 3.00 e. The Morgan fingerprint density at radius 3 is 2.27 bits per heavy atom. The first-order chi connectivity index (χ1) is 4.84. The first kappa shape index (κ1) is 9.95. The summed E-state index contributed by atoms with van der Waals surface area (Å²) >= 11 is 0. The molecule has 0 amide bonds. The predicted octanol–water partition coefficient (Wildman–Crippen LogP) is 1.29. The van der Waals surface area contributed by atoms with Crippen molar-refractivity contribution >= 4 is 23.0 Å². The molecule has 0 aliphatic heterocycles. The average Bonchev–Trinajstić information content (AvgIpc) is 2.05. The van der Waals surface area contributed by atoms with E-state index in [1.165, 1.54) is 0 Å². The van der Waals surface area contributed by atoms with E-state index >= 15 is 0 Å². The number of nitrogens with zero attached hydrogens (tertiary/aromatic N) is 2. The molecule has 5 heteroatoms. The van der Waals surface area contributed by atoms with Gasteiger partial charge in [-0.3, -0.25) is 0 Å². The molecule has 0 saturated heterocycles. The Bertz CT molecular complexity index is 238. The van der Waals surface area contributed by atoms with Gasteiger partial charge in [-0.2, -0.15) is 0 Å². The molecule has 1 aromatic rings. The minimum atomic E-state index is 0. The maximum Gasteiger partial charge on any atom is 3.00 e. The average molecular weight is 165 g/mol. The van der Waals surface area contributed by atoms with E-state index in [4.69, 9.17) is 5.21 Å². The molecule has 0 unspecified atom stereocenters. The van der Waals surface area contributed by atoms with Crippen molar-refractivity contribution in [2.75, 3.05) is 0 Å². The summed E-state index contributed by atoms with van der Waals surface area (Å²) in [5.41, 5.74) is 0.310. The molecular formula is C6H6AlN2O2+3. The number of hydrogen-bond donors (Lipinski definition) is 1. The Balaban J connectivity index is 0.000001000. The van der Waals surface area contributed by atoms with E-state index in [9.17, 15) is 5.21 Å². The molecule has 0 aliphatic rings. The first-order valence-corrected chi connectivity index (χ1v) is 2.72. The van der Waals surface area contributed by atoms with Crippen LogP contribution < -0.4 is 0 Å². The van der Waals surface area contributed by atoms with Gasteiger partial charge < -0.3 is 10.4 Å². The number of hydrogen-bond acceptors (Lipinski definition) is 2. The molecule has 0 spiro atoms. The zero-order valence-corrected chi connectivity index (χ0v) is 6.87. The number of benzene rings is 1. The minimum absolute atomic E-state index is 0. The molecule has 1 rings (SSSR count). The summed E-state index contributed by atoms with van der Waals surface area (Å²) in [6, 6.07) is 8.24. The van der Waals surface area contributed by atoms with Crippen molar-refractivity contribution in [1.29, 1.82) is 0 Å². The van der Waals surface area contributed by atoms with Crippen LogP contribution in [0.2, 0.25) is 0 Å². The normalized spacial score (nSPS) is 10.4. The van der Waals surface area contributed by atoms with Gasteiger partial charge in [-0.15, -0.1) is 0 Å². The zero-order chi connectivity index (χ0) is 7.40. The third-order valence-electron chi connectivity index (χ3n) is 1.06. The summed E-state index contributed by atoms with van der Waals surface area (Å²) in [4.78, 5) is 0.139. The molecule has 0 aromatic heterocycles. The van der Waals surface area contributed by atoms with Gasteiger partial charge in [-0.1, -0.05) is 18.2 Å². The number of para-hydroxylation sites is 1. The summed E-state index contributed by atoms with van der Waals surface area (Å²) in [5, 5.41) is 21.0. The van der Waals surface area contributed by atoms with Gasteiger partial charge in [0, 0.05) is 12.1 Å². The summed E-state index contributed by atoms with van der Waals surface area (Å²) in [6.45, 7) is 0. The van der Waals surface area contributed by atoms with Crippen LogP contribution in [0.25, 0.3) is 0 Å². The van der Waals surface area contributed by atoms with E-state index in [1.54, 1.807) is 30.3 Å². The SMILES string of the molecule is [Al+3].[O-]/[N+](=N\O)c1ccccc1. The van der Waals surface area contributed by atoms with E-state index < -0.39 is 0 Å². The van der Waals surface area contributed by atoms with Crippen LogP contribution in [0.4, 0.5) is 5.69 Å². The van der Waals surface area contributed by atoms with E-state index in [-0.39, 0.29) is 22.2 Å². The maximum atomic E-state index is 10.5. The van der Waals surface area contributed by atoms with Crippen LogP contribution >= 0.6 is 0 Å². The summed E-state index contributed by atoms with van der Waals surface area (Å²) < 4.78 is 0. The summed E-state index contributed by atoms with van der Waals surface area (Å²) in [7, 11) is 0. The van der Waals surface area contributed by atoms with Crippen LogP contribution in [-0.4, -0.2) is 27.4 Å². The van der Waals surface area contributed by atoms with Gasteiger partial charge in [-0.05, 0) is 4.86 Å². The van der Waals surface area contributed by atoms with Gasteiger partial charge in [0.1, 0.15) is 0 Å². The third kappa shape index (κ3) is 2.58. The topological polar surface area (TPSA) is 58.7 Å². The fourth-order valence-electron chi connectivity index (χ4n) is 0.607. The Labute approximate surface area is 74.5 Å². The van der Waals surface area contributed by atoms with Gasteiger partial charge in [0.05, 0.1) is 0 Å². The van der Waals surface area contributed by atoms with E-state index in [0.717, 1.165) is 0 Å². The van der Waals surface area contributed by atoms with Gasteiger partial charge in [0.15, 0.2) is 0 Å². The Morgan fingerprint density at radius 2 is 1.82 bits per heavy atom. The molecule has 11 heavy (non-hydrogen) atoms. The molecular weight excluding hydrogens is 159 g/mol. The minimum Gasteiger partial charge on any atom is -0.592 e. The molecule has 0 fully saturated rings. The van der Waals surface area contributed by atoms with Crippen molar-refractivity contribution < 1.29 is 10.1 Å². The van der Waals surface area contributed by atoms with Gasteiger partial charge in [-0.25, -0.2) is 0 Å². The fourth-order valence-corrected chi connectivity index (χ4v) is 0.607. The van der Waals surface area contributed by atoms with E-state index in [0.29, 0.717) is 5.69 Å². The molecule has 52 valence electrons. The van der Waals surface area contributed by atoms with Crippen LogP contribution in [0.3, 0.4) is 0 Å². The number of rotatable bonds is 1. The zero-order valence-electron chi connectivity index (χ0n) is 5.71. The Hall–Kier alpha value is -1.05. The van der Waals surface area contributed by atoms with Crippen molar-refractivity contribution in [2.45, 2.75) is 0 Å². The molecule has 0 atom stereocenters. The molecule has 0 saturated carbocycles. The summed E-state index contributed by atoms with van der Waals surface area (Å²) in [5.74, 6) is 0. The maximum absolute atomic E-state index is 10.5. The second-order valence-electron chi connectivity index (χ2n) is 1.70. The van der Waals surface area contributed by atoms with Crippen LogP contribution in [0.15, 0.2) is 35.6 Å². The van der Waals surface area contributed by atoms with Crippen LogP contribution in [-0.2, 0) is 0 Å². The van der Waals surface area contributed by atoms with Crippen LogP contribution in [0.5, 0.6) is 0 Å². The third-order valence-corrected chi connectivity index (χ3v) is 1.06. The molecule has 0 heterocycles. The van der Waals surface area contributed by atoms with Crippen molar-refractivity contribution in [3.8, 4) is 0 Å². The summed E-state index contributed by atoms with van der Waals surface area (Å²) in [6.07, 6.45) is 0.